The van der Waals surface area contributed by atoms with Crippen molar-refractivity contribution in [2.45, 2.75) is 37.3 Å². The van der Waals surface area contributed by atoms with Crippen LogP contribution in [-0.2, 0) is 10.3 Å². The van der Waals surface area contributed by atoms with Crippen LogP contribution in [0.5, 0.6) is 0 Å². The van der Waals surface area contributed by atoms with Gasteiger partial charge in [0.25, 0.3) is 0 Å². The Morgan fingerprint density at radius 2 is 1.80 bits per heavy atom. The normalized spacial score (nSPS) is 24.9. The number of nitrogens with two attached hydrogens (primary N) is 2. The van der Waals surface area contributed by atoms with Crippen molar-refractivity contribution in [1.82, 2.24) is 15.0 Å². The summed E-state index contributed by atoms with van der Waals surface area (Å²) in [5.41, 5.74) is 17.6. The first-order valence-corrected chi connectivity index (χ1v) is 10.7. The maximum absolute atomic E-state index is 6.84. The average Bonchev–Trinajstić information content (AvgIpc) is 2.81. The van der Waals surface area contributed by atoms with Crippen molar-refractivity contribution in [3.05, 3.63) is 48.7 Å². The number of ether oxygens (including phenoxy) is 1. The molecule has 2 aliphatic rings. The lowest BCUT2D eigenvalue weighted by molar-refractivity contribution is 0.122. The van der Waals surface area contributed by atoms with Crippen molar-refractivity contribution in [3.63, 3.8) is 0 Å². The van der Waals surface area contributed by atoms with Gasteiger partial charge < -0.3 is 21.1 Å². The molecule has 5 rings (SSSR count). The summed E-state index contributed by atoms with van der Waals surface area (Å²) >= 11 is 0. The molecule has 0 amide bonds. The van der Waals surface area contributed by atoms with Crippen LogP contribution in [0.3, 0.4) is 0 Å². The molecule has 2 aromatic heterocycles. The second-order valence-corrected chi connectivity index (χ2v) is 8.48. The number of anilines is 1. The number of fused-ring (bicyclic) bond motifs is 1. The largest absolute Gasteiger partial charge is 0.378 e. The summed E-state index contributed by atoms with van der Waals surface area (Å²) in [6, 6.07) is 8.74. The number of hydrogen-bond donors (Lipinski definition) is 2. The highest BCUT2D eigenvalue weighted by molar-refractivity contribution is 5.87. The number of aromatic nitrogens is 3. The minimum atomic E-state index is -0.455. The Bertz CT molecular complexity index is 1040. The minimum absolute atomic E-state index is 0.235. The second-order valence-electron chi connectivity index (χ2n) is 8.48. The van der Waals surface area contributed by atoms with E-state index in [0.717, 1.165) is 85.4 Å². The Balaban J connectivity index is 1.54. The number of nitrogens with zero attached hydrogens (tertiary/aromatic N) is 4. The van der Waals surface area contributed by atoms with E-state index >= 15 is 0 Å². The van der Waals surface area contributed by atoms with Gasteiger partial charge in [0.05, 0.1) is 41.8 Å². The number of morpholine rings is 1. The lowest BCUT2D eigenvalue weighted by Gasteiger charge is -2.36. The van der Waals surface area contributed by atoms with E-state index in [2.05, 4.69) is 44.1 Å². The van der Waals surface area contributed by atoms with E-state index in [4.69, 9.17) is 16.2 Å². The summed E-state index contributed by atoms with van der Waals surface area (Å²) in [5.74, 6) is 0. The van der Waals surface area contributed by atoms with Crippen LogP contribution < -0.4 is 16.4 Å². The molecular weight excluding hydrogens is 376 g/mol. The molecule has 0 atom stereocenters. The molecule has 3 aromatic rings. The van der Waals surface area contributed by atoms with E-state index in [-0.39, 0.29) is 6.04 Å². The molecule has 0 radical (unpaired) electrons. The molecule has 1 aromatic carbocycles. The fourth-order valence-corrected chi connectivity index (χ4v) is 4.61. The highest BCUT2D eigenvalue weighted by Gasteiger charge is 2.34. The van der Waals surface area contributed by atoms with Crippen molar-refractivity contribution < 1.29 is 4.74 Å². The molecule has 1 aliphatic heterocycles. The van der Waals surface area contributed by atoms with Crippen LogP contribution >= 0.6 is 0 Å². The van der Waals surface area contributed by atoms with E-state index in [1.54, 1.807) is 6.33 Å². The monoisotopic (exact) mass is 404 g/mol. The molecule has 30 heavy (non-hydrogen) atoms. The summed E-state index contributed by atoms with van der Waals surface area (Å²) in [6.45, 7) is 3.28. The highest BCUT2D eigenvalue weighted by atomic mass is 16.5. The molecule has 0 bridgehead atoms. The van der Waals surface area contributed by atoms with Gasteiger partial charge in [0.1, 0.15) is 6.33 Å². The maximum Gasteiger partial charge on any atom is 0.116 e. The summed E-state index contributed by atoms with van der Waals surface area (Å²) in [4.78, 5) is 15.9. The fraction of sp³-hybridized carbons (Fsp3) is 0.435. The van der Waals surface area contributed by atoms with Crippen LogP contribution in [-0.4, -0.2) is 47.3 Å². The smallest absolute Gasteiger partial charge is 0.116 e. The van der Waals surface area contributed by atoms with Gasteiger partial charge in [0.15, 0.2) is 0 Å². The fourth-order valence-electron chi connectivity index (χ4n) is 4.61. The predicted octanol–water partition coefficient (Wildman–Crippen LogP) is 2.58. The molecule has 1 saturated heterocycles. The molecule has 1 saturated carbocycles. The molecule has 2 fully saturated rings. The van der Waals surface area contributed by atoms with Crippen molar-refractivity contribution in [1.29, 1.82) is 0 Å². The zero-order valence-electron chi connectivity index (χ0n) is 17.1. The predicted molar refractivity (Wildman–Crippen MR) is 118 cm³/mol. The first-order chi connectivity index (χ1) is 14.6. The molecule has 3 heterocycles. The third-order valence-electron chi connectivity index (χ3n) is 6.46. The molecule has 7 heteroatoms. The van der Waals surface area contributed by atoms with E-state index < -0.39 is 5.54 Å². The Hall–Kier alpha value is -2.61. The number of benzene rings is 1. The van der Waals surface area contributed by atoms with Crippen LogP contribution in [0.1, 0.15) is 31.4 Å². The first-order valence-electron chi connectivity index (χ1n) is 10.7. The van der Waals surface area contributed by atoms with Crippen molar-refractivity contribution in [2.75, 3.05) is 31.2 Å². The highest BCUT2D eigenvalue weighted by Crippen LogP contribution is 2.37. The third-order valence-corrected chi connectivity index (χ3v) is 6.46. The van der Waals surface area contributed by atoms with E-state index in [1.165, 1.54) is 0 Å². The molecular formula is C23H28N6O. The first kappa shape index (κ1) is 19.4. The summed E-state index contributed by atoms with van der Waals surface area (Å²) in [6.07, 6.45) is 9.00. The quantitative estimate of drug-likeness (QED) is 0.691. The van der Waals surface area contributed by atoms with E-state index in [9.17, 15) is 0 Å². The van der Waals surface area contributed by atoms with Crippen molar-refractivity contribution in [2.24, 2.45) is 11.5 Å². The van der Waals surface area contributed by atoms with Gasteiger partial charge in [-0.1, -0.05) is 6.07 Å². The van der Waals surface area contributed by atoms with E-state index in [0.29, 0.717) is 0 Å². The lowest BCUT2D eigenvalue weighted by Crippen LogP contribution is -2.44. The Labute approximate surface area is 176 Å². The molecule has 0 spiro atoms. The molecule has 156 valence electrons. The zero-order chi connectivity index (χ0) is 20.6. The minimum Gasteiger partial charge on any atom is -0.378 e. The van der Waals surface area contributed by atoms with Crippen molar-refractivity contribution in [3.8, 4) is 11.1 Å². The molecule has 1 aliphatic carbocycles. The van der Waals surface area contributed by atoms with Crippen molar-refractivity contribution >= 4 is 16.6 Å². The van der Waals surface area contributed by atoms with Crippen LogP contribution in [0.4, 0.5) is 5.69 Å². The number of hydrogen-bond acceptors (Lipinski definition) is 7. The van der Waals surface area contributed by atoms with Gasteiger partial charge in [-0.2, -0.15) is 0 Å². The van der Waals surface area contributed by atoms with Gasteiger partial charge in [-0.05, 0) is 49.4 Å². The molecule has 7 nitrogen and oxygen atoms in total. The van der Waals surface area contributed by atoms with Gasteiger partial charge in [-0.25, -0.2) is 9.97 Å². The van der Waals surface area contributed by atoms with Crippen LogP contribution in [0, 0.1) is 0 Å². The number of pyridine rings is 1. The third kappa shape index (κ3) is 3.64. The van der Waals surface area contributed by atoms with Crippen LogP contribution in [0.2, 0.25) is 0 Å². The summed E-state index contributed by atoms with van der Waals surface area (Å²) in [5, 5.41) is 1.02. The SMILES string of the molecule is NC1CCC(N)(c2ncnc3ccc(-c4cncc(N5CCOCC5)c4)cc23)CC1. The molecule has 0 unspecified atom stereocenters. The Kier molecular flexibility index (Phi) is 5.10. The van der Waals surface area contributed by atoms with Crippen LogP contribution in [0.25, 0.3) is 22.0 Å². The zero-order valence-corrected chi connectivity index (χ0v) is 17.1. The summed E-state index contributed by atoms with van der Waals surface area (Å²) < 4.78 is 5.48. The van der Waals surface area contributed by atoms with Gasteiger partial charge in [0.2, 0.25) is 0 Å². The van der Waals surface area contributed by atoms with E-state index in [1.807, 2.05) is 12.4 Å². The maximum atomic E-state index is 6.84. The lowest BCUT2D eigenvalue weighted by atomic mass is 9.77. The Morgan fingerprint density at radius 1 is 1.00 bits per heavy atom. The second kappa shape index (κ2) is 7.91. The topological polar surface area (TPSA) is 103 Å². The van der Waals surface area contributed by atoms with Gasteiger partial charge >= 0.3 is 0 Å². The standard InChI is InChI=1S/C23H28N6O/c24-18-3-5-23(25,6-4-18)22-20-12-16(1-2-21(20)27-15-28-22)17-11-19(14-26-13-17)29-7-9-30-10-8-29/h1-2,11-15,18H,3-10,24-25H2. The number of rotatable bonds is 3. The van der Waals surface area contributed by atoms with Gasteiger partial charge in [-0.15, -0.1) is 0 Å². The van der Waals surface area contributed by atoms with Crippen LogP contribution in [0.15, 0.2) is 43.0 Å². The van der Waals surface area contributed by atoms with Gasteiger partial charge in [0, 0.05) is 36.3 Å². The van der Waals surface area contributed by atoms with Gasteiger partial charge in [-0.3, -0.25) is 4.98 Å². The molecule has 4 N–H and O–H groups in total. The average molecular weight is 405 g/mol. The Morgan fingerprint density at radius 3 is 2.60 bits per heavy atom. The summed E-state index contributed by atoms with van der Waals surface area (Å²) in [7, 11) is 0.